The van der Waals surface area contributed by atoms with E-state index in [4.69, 9.17) is 9.47 Å². The molecule has 1 saturated carbocycles. The molecule has 14 rings (SSSR count). The van der Waals surface area contributed by atoms with Crippen LogP contribution in [0.4, 0.5) is 0 Å². The van der Waals surface area contributed by atoms with Crippen molar-refractivity contribution in [1.29, 1.82) is 0 Å². The van der Waals surface area contributed by atoms with Crippen molar-refractivity contribution in [3.05, 3.63) is 180 Å². The number of allylic oxidation sites excluding steroid dienone is 1. The third kappa shape index (κ3) is 21.3. The van der Waals surface area contributed by atoms with Crippen molar-refractivity contribution < 1.29 is 70.9 Å². The van der Waals surface area contributed by atoms with Gasteiger partial charge >= 0.3 is 5.97 Å². The Morgan fingerprint density at radius 1 is 0.623 bits per heavy atom. The number of rotatable bonds is 16. The van der Waals surface area contributed by atoms with E-state index in [1.807, 2.05) is 119 Å². The number of Topliss-reactive ketones (excluding diaryl/α,β-unsaturated/α-hetero) is 1. The largest absolute Gasteiger partial charge is 0.490 e. The number of ketones is 1. The Kier molecular flexibility index (Phi) is 26.9. The zero-order valence-corrected chi connectivity index (χ0v) is 67.2. The Bertz CT molecular complexity index is 4840. The molecule has 7 aromatic rings. The van der Waals surface area contributed by atoms with Crippen LogP contribution in [0, 0.1) is 28.6 Å². The fourth-order valence-corrected chi connectivity index (χ4v) is 16.2. The molecule has 6 aliphatic heterocycles. The number of aliphatic carboxylic acids is 1. The number of sulfonamides is 1. The van der Waals surface area contributed by atoms with Crippen LogP contribution in [0.3, 0.4) is 0 Å². The number of hydrogen-bond donors (Lipinski definition) is 8. The topological polar surface area (TPSA) is 365 Å². The number of carboxylic acid groups (broad SMARTS) is 1. The van der Waals surface area contributed by atoms with Crippen LogP contribution in [0.5, 0.6) is 11.5 Å². The number of benzene rings is 6. The molecule has 27 nitrogen and oxygen atoms in total. The fraction of sp³-hybridized carbons (Fsp3) is 0.465. The Hall–Kier alpha value is -10.9. The van der Waals surface area contributed by atoms with E-state index in [-0.39, 0.29) is 76.7 Å². The van der Waals surface area contributed by atoms with Crippen LogP contribution in [0.15, 0.2) is 152 Å². The molecule has 3 fully saturated rings. The second kappa shape index (κ2) is 36.5. The normalized spacial score (nSPS) is 22.3. The summed E-state index contributed by atoms with van der Waals surface area (Å²) in [5.74, 6) is -8.08. The molecule has 12 atom stereocenters. The molecule has 7 heterocycles. The van der Waals surface area contributed by atoms with Gasteiger partial charge in [0, 0.05) is 50.6 Å². The van der Waals surface area contributed by atoms with Crippen molar-refractivity contribution in [3.63, 3.8) is 0 Å². The van der Waals surface area contributed by atoms with E-state index in [1.165, 1.54) is 16.0 Å². The minimum Gasteiger partial charge on any atom is -0.490 e. The van der Waals surface area contributed by atoms with E-state index in [0.717, 1.165) is 21.5 Å². The van der Waals surface area contributed by atoms with Gasteiger partial charge in [-0.3, -0.25) is 47.9 Å². The molecule has 2 saturated heterocycles. The van der Waals surface area contributed by atoms with Crippen molar-refractivity contribution >= 4 is 90.6 Å². The van der Waals surface area contributed by atoms with Crippen molar-refractivity contribution in [2.45, 2.75) is 199 Å². The molecule has 8 bridgehead atoms. The highest BCUT2D eigenvalue weighted by molar-refractivity contribution is 7.91. The van der Waals surface area contributed by atoms with Crippen molar-refractivity contribution in [1.82, 2.24) is 61.4 Å². The van der Waals surface area contributed by atoms with E-state index in [2.05, 4.69) is 46.9 Å². The Morgan fingerprint density at radius 2 is 1.18 bits per heavy atom. The van der Waals surface area contributed by atoms with Crippen LogP contribution in [0.2, 0.25) is 0 Å². The van der Waals surface area contributed by atoms with Gasteiger partial charge in [0.25, 0.3) is 5.91 Å². The third-order valence-electron chi connectivity index (χ3n) is 22.1. The number of likely N-dealkylation sites (N-methyl/N-ethyl adjacent to an activating group) is 1. The summed E-state index contributed by atoms with van der Waals surface area (Å²) in [6, 6.07) is 29.3. The molecule has 0 spiro atoms. The number of carbonyl (C=O) groups excluding carboxylic acids is 9. The minimum atomic E-state index is -4.17. The maximum absolute atomic E-state index is 15.5. The van der Waals surface area contributed by atoms with Crippen LogP contribution in [0.25, 0.3) is 21.5 Å². The van der Waals surface area contributed by atoms with Gasteiger partial charge in [-0.2, -0.15) is 0 Å². The van der Waals surface area contributed by atoms with Crippen LogP contribution >= 0.6 is 0 Å². The van der Waals surface area contributed by atoms with Crippen LogP contribution < -0.4 is 46.1 Å². The first-order valence-corrected chi connectivity index (χ1v) is 40.8. The molecular weight excluding hydrogens is 1470 g/mol. The van der Waals surface area contributed by atoms with Gasteiger partial charge in [-0.05, 0) is 144 Å². The SMILES string of the molecule is CC[C@@H](C)C(=O)N[C@H](C(=O)N1C[C@H]2CC=CCOc3ccc(cc3)C[C@@H](C(=O)O)NC(=O)[C@H](Cc3ccc4ccccc4c3)CC(=O)[C@@H]3C[C@@H](CN3C(=O)[C@@H](NC(=O)[C@H](C)NC)C(C)(C)C)n3nncc3COc3ccc(cc3)C[C@@H](C(=O)NS(=O)(=O)C3CC3)NC(=O)[C@H](Cc3ccc4ccccc4c3)NC(=O)[C@@H]1C2)C(C)(C)C. The van der Waals surface area contributed by atoms with E-state index in [1.54, 1.807) is 101 Å². The van der Waals surface area contributed by atoms with Crippen molar-refractivity contribution in [2.24, 2.45) is 28.6 Å². The lowest BCUT2D eigenvalue weighted by atomic mass is 9.85. The Balaban J connectivity index is 0.942. The molecule has 8 amide bonds. The highest BCUT2D eigenvalue weighted by atomic mass is 32.2. The maximum Gasteiger partial charge on any atom is 0.326 e. The smallest absolute Gasteiger partial charge is 0.326 e. The monoisotopic (exact) mass is 1580 g/mol. The molecule has 1 aliphatic carbocycles. The highest BCUT2D eigenvalue weighted by Gasteiger charge is 2.49. The van der Waals surface area contributed by atoms with Gasteiger partial charge in [0.15, 0.2) is 5.78 Å². The summed E-state index contributed by atoms with van der Waals surface area (Å²) in [7, 11) is -2.56. The minimum absolute atomic E-state index is 0.00616. The number of likely N-dealkylation sites (tertiary alicyclic amines) is 2. The molecule has 7 aliphatic rings. The quantitative estimate of drug-likeness (QED) is 0.0432. The highest BCUT2D eigenvalue weighted by Crippen LogP contribution is 2.36. The average molecular weight is 1580 g/mol. The van der Waals surface area contributed by atoms with Crippen LogP contribution in [0.1, 0.15) is 141 Å². The summed E-state index contributed by atoms with van der Waals surface area (Å²) >= 11 is 0. The van der Waals surface area contributed by atoms with Gasteiger partial charge < -0.3 is 56.3 Å². The first-order chi connectivity index (χ1) is 54.2. The van der Waals surface area contributed by atoms with E-state index >= 15 is 28.8 Å². The number of carbonyl (C=O) groups is 10. The lowest BCUT2D eigenvalue weighted by Crippen LogP contribution is -2.60. The van der Waals surface area contributed by atoms with E-state index in [9.17, 15) is 32.7 Å². The van der Waals surface area contributed by atoms with Gasteiger partial charge in [0.05, 0.1) is 35.3 Å². The Labute approximate surface area is 665 Å². The summed E-state index contributed by atoms with van der Waals surface area (Å²) in [5, 5.41) is 39.7. The number of amides is 8. The zero-order valence-electron chi connectivity index (χ0n) is 66.4. The summed E-state index contributed by atoms with van der Waals surface area (Å²) < 4.78 is 43.4. The number of aromatic nitrogens is 3. The molecular formula is C86H106N12O15S. The number of ether oxygens (including phenoxy) is 2. The number of hydrogen-bond acceptors (Lipinski definition) is 17. The van der Waals surface area contributed by atoms with E-state index < -0.39 is 152 Å². The zero-order chi connectivity index (χ0) is 81.9. The summed E-state index contributed by atoms with van der Waals surface area (Å²) in [6.45, 7) is 16.0. The van der Waals surface area contributed by atoms with Gasteiger partial charge in [-0.25, -0.2) is 17.9 Å². The average Bonchev–Trinajstić information content (AvgIpc) is 1.64. The lowest BCUT2D eigenvalue weighted by Gasteiger charge is -2.36. The van der Waals surface area contributed by atoms with Gasteiger partial charge in [0.1, 0.15) is 61.0 Å². The number of carboxylic acids is 1. The third-order valence-corrected chi connectivity index (χ3v) is 24.0. The molecule has 0 unspecified atom stereocenters. The molecule has 0 radical (unpaired) electrons. The van der Waals surface area contributed by atoms with Crippen molar-refractivity contribution in [2.75, 3.05) is 26.7 Å². The van der Waals surface area contributed by atoms with Crippen molar-refractivity contribution in [3.8, 4) is 11.5 Å². The van der Waals surface area contributed by atoms with Gasteiger partial charge in [-0.15, -0.1) is 5.10 Å². The second-order valence-corrected chi connectivity index (χ2v) is 34.9. The second-order valence-electron chi connectivity index (χ2n) is 33.0. The number of fused-ring (bicyclic) bond motifs is 2. The number of nitrogens with one attached hydrogen (secondary N) is 7. The van der Waals surface area contributed by atoms with Gasteiger partial charge in [-0.1, -0.05) is 182 Å². The predicted molar refractivity (Wildman–Crippen MR) is 429 cm³/mol. The van der Waals surface area contributed by atoms with Crippen LogP contribution in [-0.2, 0) is 90.3 Å². The summed E-state index contributed by atoms with van der Waals surface area (Å²) in [5.41, 5.74) is 1.02. The first-order valence-electron chi connectivity index (χ1n) is 39.3. The molecule has 6 aromatic carbocycles. The molecule has 28 heteroatoms. The Morgan fingerprint density at radius 3 is 1.75 bits per heavy atom. The van der Waals surface area contributed by atoms with Gasteiger partial charge in [0.2, 0.25) is 51.4 Å². The van der Waals surface area contributed by atoms with E-state index in [0.29, 0.717) is 65.1 Å². The molecule has 114 heavy (non-hydrogen) atoms. The maximum atomic E-state index is 15.5. The fourth-order valence-electron chi connectivity index (χ4n) is 14.9. The predicted octanol–water partition coefficient (Wildman–Crippen LogP) is 7.57. The molecule has 606 valence electrons. The number of nitrogens with zero attached hydrogens (tertiary/aromatic N) is 5. The molecule has 1 aromatic heterocycles. The molecule has 8 N–H and O–H groups in total. The lowest BCUT2D eigenvalue weighted by molar-refractivity contribution is -0.145. The standard InChI is InChI=1S/C86H106N12O15S/c1-11-51(2)76(100)92-74(85(4,5)6)82(106)96-48-57-18-16-17-37-112-65-31-25-54(26-32-65)42-70(84(108)109)91-78(102)62(40-55-23-29-58-19-12-14-21-60(58)38-55)45-73(99)71-46-63(49-97(71)83(107)75(86(7,8)9)93-77(101)52(3)87-10)98-64(47-88-95-98)50-113-66-33-27-53(28-34-66)41-69(80(104)94-114(110,111)67-35-36-67)89-79(103)68(90-81(105)72(96)44-57)43-56-24-30-59-20-13-15-22-61(59)39-56/h12-17,19-34,38-39,47,51-52,57,62-63,67-72,74-75,87H,11,18,35-37,40-46,48-50H2,1-10H3,(H,89,103)(H,90,105)(H,91,102)(H,92,100)(H,93,101)(H,94,104)(H,108,109)/t51-,52+,57+,62-,63+,68+,69+,70+,71+,72+,74-,75-/m1/s1. The van der Waals surface area contributed by atoms with Crippen LogP contribution in [-0.4, -0.2) is 178 Å². The first kappa shape index (κ1) is 84.0. The summed E-state index contributed by atoms with van der Waals surface area (Å²) in [4.78, 5) is 150. The summed E-state index contributed by atoms with van der Waals surface area (Å²) in [6.07, 6.45) is 5.86.